The van der Waals surface area contributed by atoms with Crippen LogP contribution < -0.4 is 15.8 Å². The Morgan fingerprint density at radius 1 is 1.04 bits per heavy atom. The highest BCUT2D eigenvalue weighted by molar-refractivity contribution is 5.95. The third kappa shape index (κ3) is 4.23. The van der Waals surface area contributed by atoms with Gasteiger partial charge in [0, 0.05) is 17.8 Å². The van der Waals surface area contributed by atoms with Crippen LogP contribution in [0.5, 0.6) is 0 Å². The van der Waals surface area contributed by atoms with Gasteiger partial charge in [-0.05, 0) is 48.1 Å². The van der Waals surface area contributed by atoms with Gasteiger partial charge in [-0.3, -0.25) is 20.4 Å². The van der Waals surface area contributed by atoms with Crippen LogP contribution in [0.25, 0.3) is 0 Å². The molecule has 5 heteroatoms. The Bertz CT molecular complexity index is 784. The third-order valence-electron chi connectivity index (χ3n) is 4.70. The van der Waals surface area contributed by atoms with Crippen molar-refractivity contribution in [1.29, 1.82) is 0 Å². The highest BCUT2D eigenvalue weighted by atomic mass is 16.2. The molecule has 1 heterocycles. The number of fused-ring (bicyclic) bond motifs is 1. The molecule has 136 valence electrons. The average Bonchev–Trinajstić information content (AvgIpc) is 2.66. The molecule has 0 atom stereocenters. The van der Waals surface area contributed by atoms with Crippen LogP contribution in [0.1, 0.15) is 47.7 Å². The normalized spacial score (nSPS) is 13.3. The van der Waals surface area contributed by atoms with Crippen LogP contribution in [0.2, 0.25) is 0 Å². The van der Waals surface area contributed by atoms with Gasteiger partial charge >= 0.3 is 0 Å². The summed E-state index contributed by atoms with van der Waals surface area (Å²) in [6.45, 7) is 5.28. The van der Waals surface area contributed by atoms with Gasteiger partial charge in [0.05, 0.1) is 6.54 Å². The van der Waals surface area contributed by atoms with Crippen LogP contribution in [0.3, 0.4) is 0 Å². The molecule has 0 radical (unpaired) electrons. The number of nitrogens with zero attached hydrogens (tertiary/aromatic N) is 1. The van der Waals surface area contributed by atoms with Crippen LogP contribution in [0.4, 0.5) is 5.69 Å². The summed E-state index contributed by atoms with van der Waals surface area (Å²) >= 11 is 0. The van der Waals surface area contributed by atoms with Crippen LogP contribution in [-0.2, 0) is 11.2 Å². The van der Waals surface area contributed by atoms with Crippen LogP contribution in [-0.4, -0.2) is 24.9 Å². The lowest BCUT2D eigenvalue weighted by atomic mass is 10.0. The molecule has 2 aromatic carbocycles. The third-order valence-corrected chi connectivity index (χ3v) is 4.70. The van der Waals surface area contributed by atoms with Gasteiger partial charge in [0.2, 0.25) is 0 Å². The van der Waals surface area contributed by atoms with Crippen molar-refractivity contribution in [2.24, 2.45) is 0 Å². The smallest absolute Gasteiger partial charge is 0.269 e. The first-order valence-corrected chi connectivity index (χ1v) is 9.06. The second-order valence-corrected chi connectivity index (χ2v) is 6.93. The summed E-state index contributed by atoms with van der Waals surface area (Å²) in [6.07, 6.45) is 2.07. The molecule has 0 spiro atoms. The van der Waals surface area contributed by atoms with E-state index in [4.69, 9.17) is 0 Å². The summed E-state index contributed by atoms with van der Waals surface area (Å²) < 4.78 is 0. The van der Waals surface area contributed by atoms with Crippen molar-refractivity contribution >= 4 is 17.5 Å². The van der Waals surface area contributed by atoms with Gasteiger partial charge in [0.15, 0.2) is 0 Å². The molecule has 3 rings (SSSR count). The maximum absolute atomic E-state index is 12.2. The highest BCUT2D eigenvalue weighted by Crippen LogP contribution is 2.26. The van der Waals surface area contributed by atoms with Crippen molar-refractivity contribution in [1.82, 2.24) is 10.9 Å². The minimum atomic E-state index is -0.312. The zero-order chi connectivity index (χ0) is 18.5. The standard InChI is InChI=1S/C21H25N3O2/c1-15(2)16-9-11-18(12-10-16)21(26)23-22-20(25)14-24-13-5-7-17-6-3-4-8-19(17)24/h3-4,6,8-12,15H,5,7,13-14H2,1-2H3,(H,22,25)(H,23,26). The van der Waals surface area contributed by atoms with Crippen molar-refractivity contribution < 1.29 is 9.59 Å². The number of carbonyl (C=O) groups excluding carboxylic acids is 2. The van der Waals surface area contributed by atoms with Crippen molar-refractivity contribution in [3.63, 3.8) is 0 Å². The van der Waals surface area contributed by atoms with E-state index in [9.17, 15) is 9.59 Å². The number of hydrogen-bond acceptors (Lipinski definition) is 3. The first kappa shape index (κ1) is 18.0. The van der Waals surface area contributed by atoms with Gasteiger partial charge < -0.3 is 4.90 Å². The molecule has 0 fully saturated rings. The Morgan fingerprint density at radius 3 is 2.50 bits per heavy atom. The van der Waals surface area contributed by atoms with Gasteiger partial charge in [-0.15, -0.1) is 0 Å². The van der Waals surface area contributed by atoms with E-state index in [1.54, 1.807) is 12.1 Å². The largest absolute Gasteiger partial charge is 0.362 e. The molecule has 1 aliphatic heterocycles. The van der Waals surface area contributed by atoms with E-state index in [2.05, 4.69) is 35.7 Å². The van der Waals surface area contributed by atoms with Gasteiger partial charge in [-0.1, -0.05) is 44.2 Å². The zero-order valence-electron chi connectivity index (χ0n) is 15.3. The van der Waals surface area contributed by atoms with E-state index in [0.717, 1.165) is 25.1 Å². The molecule has 0 bridgehead atoms. The Morgan fingerprint density at radius 2 is 1.77 bits per heavy atom. The fraction of sp³-hybridized carbons (Fsp3) is 0.333. The van der Waals surface area contributed by atoms with E-state index < -0.39 is 0 Å². The van der Waals surface area contributed by atoms with Gasteiger partial charge in [-0.25, -0.2) is 0 Å². The number of benzene rings is 2. The van der Waals surface area contributed by atoms with E-state index in [1.807, 2.05) is 30.3 Å². The molecule has 26 heavy (non-hydrogen) atoms. The molecule has 0 aromatic heterocycles. The molecule has 1 aliphatic rings. The van der Waals surface area contributed by atoms with Gasteiger partial charge in [0.1, 0.15) is 0 Å². The SMILES string of the molecule is CC(C)c1ccc(C(=O)NNC(=O)CN2CCCc3ccccc32)cc1. The lowest BCUT2D eigenvalue weighted by Crippen LogP contribution is -2.47. The van der Waals surface area contributed by atoms with E-state index in [0.29, 0.717) is 11.5 Å². The Balaban J connectivity index is 1.54. The monoisotopic (exact) mass is 351 g/mol. The maximum atomic E-state index is 12.2. The average molecular weight is 351 g/mol. The molecular formula is C21H25N3O2. The number of para-hydroxylation sites is 1. The minimum absolute atomic E-state index is 0.226. The number of amides is 2. The van der Waals surface area contributed by atoms with Crippen molar-refractivity contribution in [3.8, 4) is 0 Å². The lowest BCUT2D eigenvalue weighted by molar-refractivity contribution is -0.120. The Hall–Kier alpha value is -2.82. The zero-order valence-corrected chi connectivity index (χ0v) is 15.3. The fourth-order valence-corrected chi connectivity index (χ4v) is 3.21. The topological polar surface area (TPSA) is 61.4 Å². The van der Waals surface area contributed by atoms with Crippen LogP contribution in [0, 0.1) is 0 Å². The summed E-state index contributed by atoms with van der Waals surface area (Å²) in [6, 6.07) is 15.6. The number of carbonyl (C=O) groups is 2. The maximum Gasteiger partial charge on any atom is 0.269 e. The van der Waals surface area contributed by atoms with Crippen LogP contribution in [0.15, 0.2) is 48.5 Å². The number of nitrogens with one attached hydrogen (secondary N) is 2. The highest BCUT2D eigenvalue weighted by Gasteiger charge is 2.18. The number of hydrogen-bond donors (Lipinski definition) is 2. The molecule has 5 nitrogen and oxygen atoms in total. The summed E-state index contributed by atoms with van der Waals surface area (Å²) in [4.78, 5) is 26.5. The number of hydrazine groups is 1. The molecule has 0 saturated heterocycles. The van der Waals surface area contributed by atoms with E-state index >= 15 is 0 Å². The molecular weight excluding hydrogens is 326 g/mol. The quantitative estimate of drug-likeness (QED) is 0.833. The van der Waals surface area contributed by atoms with Crippen molar-refractivity contribution in [2.45, 2.75) is 32.6 Å². The number of anilines is 1. The molecule has 0 aliphatic carbocycles. The minimum Gasteiger partial charge on any atom is -0.362 e. The first-order valence-electron chi connectivity index (χ1n) is 9.06. The Labute approximate surface area is 154 Å². The van der Waals surface area contributed by atoms with Gasteiger partial charge in [-0.2, -0.15) is 0 Å². The molecule has 2 aromatic rings. The molecule has 2 N–H and O–H groups in total. The van der Waals surface area contributed by atoms with E-state index in [1.165, 1.54) is 11.1 Å². The van der Waals surface area contributed by atoms with Gasteiger partial charge in [0.25, 0.3) is 11.8 Å². The Kier molecular flexibility index (Phi) is 5.56. The second-order valence-electron chi connectivity index (χ2n) is 6.93. The summed E-state index contributed by atoms with van der Waals surface area (Å²) in [5, 5.41) is 0. The number of rotatable bonds is 4. The number of aryl methyl sites for hydroxylation is 1. The lowest BCUT2D eigenvalue weighted by Gasteiger charge is -2.30. The fourth-order valence-electron chi connectivity index (χ4n) is 3.21. The van der Waals surface area contributed by atoms with E-state index in [-0.39, 0.29) is 18.4 Å². The predicted octanol–water partition coefficient (Wildman–Crippen LogP) is 3.02. The molecule has 2 amide bonds. The summed E-state index contributed by atoms with van der Waals surface area (Å²) in [7, 11) is 0. The molecule has 0 saturated carbocycles. The van der Waals surface area contributed by atoms with Crippen molar-refractivity contribution in [3.05, 3.63) is 65.2 Å². The second kappa shape index (κ2) is 8.04. The predicted molar refractivity (Wildman–Crippen MR) is 103 cm³/mol. The molecule has 0 unspecified atom stereocenters. The van der Waals surface area contributed by atoms with Crippen molar-refractivity contribution in [2.75, 3.05) is 18.0 Å². The first-order chi connectivity index (χ1) is 12.5. The van der Waals surface area contributed by atoms with Crippen LogP contribution >= 0.6 is 0 Å². The summed E-state index contributed by atoms with van der Waals surface area (Å²) in [5.41, 5.74) is 9.08. The summed E-state index contributed by atoms with van der Waals surface area (Å²) in [5.74, 6) is -0.124.